The van der Waals surface area contributed by atoms with Crippen LogP contribution in [0.2, 0.25) is 0 Å². The summed E-state index contributed by atoms with van der Waals surface area (Å²) in [6.07, 6.45) is 5.01. The number of rotatable bonds is 4. The fraction of sp³-hybridized carbons (Fsp3) is 0.769. The molecule has 0 aliphatic heterocycles. The third kappa shape index (κ3) is 2.64. The lowest BCUT2D eigenvalue weighted by atomic mass is 9.97. The molecule has 2 unspecified atom stereocenters. The summed E-state index contributed by atoms with van der Waals surface area (Å²) in [4.78, 5) is 6.13. The highest BCUT2D eigenvalue weighted by atomic mass is 32.1. The predicted molar refractivity (Wildman–Crippen MR) is 70.0 cm³/mol. The second-order valence-electron chi connectivity index (χ2n) is 4.91. The molecule has 1 aliphatic rings. The molecule has 0 fully saturated rings. The number of thiazole rings is 1. The Balaban J connectivity index is 2.01. The zero-order chi connectivity index (χ0) is 11.5. The van der Waals surface area contributed by atoms with Gasteiger partial charge in [-0.25, -0.2) is 4.98 Å². The molecule has 0 radical (unpaired) electrons. The zero-order valence-corrected chi connectivity index (χ0v) is 11.4. The summed E-state index contributed by atoms with van der Waals surface area (Å²) in [5.41, 5.74) is 1.36. The van der Waals surface area contributed by atoms with Crippen molar-refractivity contribution < 1.29 is 0 Å². The molecular formula is C13H22N2S. The number of aryl methyl sites for hydroxylation is 2. The maximum Gasteiger partial charge on any atom is 0.0900 e. The molecule has 0 saturated carbocycles. The van der Waals surface area contributed by atoms with Crippen molar-refractivity contribution >= 4 is 11.3 Å². The summed E-state index contributed by atoms with van der Waals surface area (Å²) in [5, 5.41) is 4.94. The molecular weight excluding hydrogens is 216 g/mol. The van der Waals surface area contributed by atoms with Crippen molar-refractivity contribution in [1.29, 1.82) is 0 Å². The maximum atomic E-state index is 4.63. The van der Waals surface area contributed by atoms with Crippen LogP contribution in [-0.4, -0.2) is 11.5 Å². The molecule has 1 N–H and O–H groups in total. The van der Waals surface area contributed by atoms with Gasteiger partial charge < -0.3 is 5.32 Å². The lowest BCUT2D eigenvalue weighted by Crippen LogP contribution is -2.28. The van der Waals surface area contributed by atoms with Crippen molar-refractivity contribution in [3.8, 4) is 0 Å². The highest BCUT2D eigenvalue weighted by Gasteiger charge is 2.23. The molecule has 0 spiro atoms. The van der Waals surface area contributed by atoms with E-state index in [0.29, 0.717) is 6.04 Å². The first-order valence-electron chi connectivity index (χ1n) is 6.40. The molecule has 16 heavy (non-hydrogen) atoms. The van der Waals surface area contributed by atoms with Crippen molar-refractivity contribution in [3.05, 3.63) is 15.6 Å². The van der Waals surface area contributed by atoms with Crippen LogP contribution in [0, 0.1) is 12.8 Å². The van der Waals surface area contributed by atoms with Gasteiger partial charge in [0.25, 0.3) is 0 Å². The largest absolute Gasteiger partial charge is 0.309 e. The minimum absolute atomic E-state index is 0.573. The molecule has 1 aliphatic carbocycles. The van der Waals surface area contributed by atoms with Crippen molar-refractivity contribution in [2.45, 2.75) is 52.5 Å². The average Bonchev–Trinajstić information content (AvgIpc) is 2.66. The highest BCUT2D eigenvalue weighted by molar-refractivity contribution is 7.11. The fourth-order valence-corrected chi connectivity index (χ4v) is 3.31. The molecule has 0 bridgehead atoms. The van der Waals surface area contributed by atoms with E-state index in [9.17, 15) is 0 Å². The topological polar surface area (TPSA) is 24.9 Å². The Morgan fingerprint density at radius 2 is 2.38 bits per heavy atom. The van der Waals surface area contributed by atoms with Gasteiger partial charge in [0, 0.05) is 10.9 Å². The van der Waals surface area contributed by atoms with E-state index in [1.54, 1.807) is 0 Å². The van der Waals surface area contributed by atoms with Gasteiger partial charge in [0.2, 0.25) is 0 Å². The van der Waals surface area contributed by atoms with Crippen molar-refractivity contribution in [3.63, 3.8) is 0 Å². The molecule has 1 aromatic heterocycles. The van der Waals surface area contributed by atoms with E-state index in [0.717, 1.165) is 12.5 Å². The van der Waals surface area contributed by atoms with Gasteiger partial charge in [-0.2, -0.15) is 0 Å². The van der Waals surface area contributed by atoms with Crippen LogP contribution in [0.15, 0.2) is 0 Å². The summed E-state index contributed by atoms with van der Waals surface area (Å²) in [6.45, 7) is 7.83. The number of nitrogens with zero attached hydrogens (tertiary/aromatic N) is 1. The summed E-state index contributed by atoms with van der Waals surface area (Å²) in [6, 6.07) is 0.573. The average molecular weight is 238 g/mol. The Hall–Kier alpha value is -0.410. The third-order valence-electron chi connectivity index (χ3n) is 3.47. The molecule has 90 valence electrons. The quantitative estimate of drug-likeness (QED) is 0.869. The van der Waals surface area contributed by atoms with Gasteiger partial charge in [0.1, 0.15) is 0 Å². The fourth-order valence-electron chi connectivity index (χ4n) is 2.22. The molecule has 1 aromatic rings. The Morgan fingerprint density at radius 1 is 1.56 bits per heavy atom. The van der Waals surface area contributed by atoms with E-state index >= 15 is 0 Å². The Morgan fingerprint density at radius 3 is 3.12 bits per heavy atom. The Bertz CT molecular complexity index is 346. The van der Waals surface area contributed by atoms with E-state index in [2.05, 4.69) is 31.1 Å². The van der Waals surface area contributed by atoms with Crippen molar-refractivity contribution in [1.82, 2.24) is 10.3 Å². The molecule has 1 heterocycles. The first-order valence-corrected chi connectivity index (χ1v) is 7.22. The molecule has 2 rings (SSSR count). The van der Waals surface area contributed by atoms with Crippen LogP contribution < -0.4 is 5.32 Å². The van der Waals surface area contributed by atoms with Crippen LogP contribution in [-0.2, 0) is 6.42 Å². The molecule has 0 amide bonds. The van der Waals surface area contributed by atoms with Crippen LogP contribution in [0.5, 0.6) is 0 Å². The van der Waals surface area contributed by atoms with Gasteiger partial charge in [-0.05, 0) is 38.6 Å². The monoisotopic (exact) mass is 238 g/mol. The molecule has 2 atom stereocenters. The van der Waals surface area contributed by atoms with Crippen LogP contribution in [0.25, 0.3) is 0 Å². The normalized spacial score (nSPS) is 21.8. The molecule has 0 aromatic carbocycles. The van der Waals surface area contributed by atoms with Gasteiger partial charge in [-0.3, -0.25) is 0 Å². The van der Waals surface area contributed by atoms with Crippen molar-refractivity contribution in [2.24, 2.45) is 5.92 Å². The van der Waals surface area contributed by atoms with E-state index in [-0.39, 0.29) is 0 Å². The maximum absolute atomic E-state index is 4.63. The first kappa shape index (κ1) is 12.1. The molecule has 0 saturated heterocycles. The first-order chi connectivity index (χ1) is 7.70. The summed E-state index contributed by atoms with van der Waals surface area (Å²) < 4.78 is 0. The third-order valence-corrected chi connectivity index (χ3v) is 4.59. The van der Waals surface area contributed by atoms with Crippen LogP contribution in [0.1, 0.15) is 54.7 Å². The number of hydrogen-bond donors (Lipinski definition) is 1. The Kier molecular flexibility index (Phi) is 3.98. The second kappa shape index (κ2) is 5.28. The highest BCUT2D eigenvalue weighted by Crippen LogP contribution is 2.33. The molecule has 2 nitrogen and oxygen atoms in total. The summed E-state index contributed by atoms with van der Waals surface area (Å²) in [5.74, 6) is 0.777. The SMILES string of the molecule is CCC(C)CNC1CCCc2nc(C)sc21. The number of hydrogen-bond acceptors (Lipinski definition) is 3. The lowest BCUT2D eigenvalue weighted by Gasteiger charge is -2.24. The summed E-state index contributed by atoms with van der Waals surface area (Å²) in [7, 11) is 0. The second-order valence-corrected chi connectivity index (χ2v) is 6.15. The van der Waals surface area contributed by atoms with Gasteiger partial charge in [0.05, 0.1) is 10.7 Å². The standard InChI is InChI=1S/C13H22N2S/c1-4-9(2)8-14-11-6-5-7-12-13(11)16-10(3)15-12/h9,11,14H,4-8H2,1-3H3. The van der Waals surface area contributed by atoms with Crippen LogP contribution in [0.4, 0.5) is 0 Å². The zero-order valence-electron chi connectivity index (χ0n) is 10.5. The van der Waals surface area contributed by atoms with Gasteiger partial charge in [-0.15, -0.1) is 11.3 Å². The minimum Gasteiger partial charge on any atom is -0.309 e. The van der Waals surface area contributed by atoms with Gasteiger partial charge in [-0.1, -0.05) is 20.3 Å². The molecule has 3 heteroatoms. The number of aromatic nitrogens is 1. The number of fused-ring (bicyclic) bond motifs is 1. The predicted octanol–water partition coefficient (Wildman–Crippen LogP) is 3.46. The van der Waals surface area contributed by atoms with Crippen LogP contribution >= 0.6 is 11.3 Å². The van der Waals surface area contributed by atoms with Gasteiger partial charge >= 0.3 is 0 Å². The smallest absolute Gasteiger partial charge is 0.0900 e. The minimum atomic E-state index is 0.573. The van der Waals surface area contributed by atoms with E-state index in [4.69, 9.17) is 0 Å². The summed E-state index contributed by atoms with van der Waals surface area (Å²) >= 11 is 1.88. The number of nitrogens with one attached hydrogen (secondary N) is 1. The van der Waals surface area contributed by atoms with Gasteiger partial charge in [0.15, 0.2) is 0 Å². The Labute approximate surface area is 102 Å². The van der Waals surface area contributed by atoms with E-state index in [1.807, 2.05) is 11.3 Å². The van der Waals surface area contributed by atoms with Crippen molar-refractivity contribution in [2.75, 3.05) is 6.54 Å². The van der Waals surface area contributed by atoms with E-state index in [1.165, 1.54) is 41.3 Å². The van der Waals surface area contributed by atoms with E-state index < -0.39 is 0 Å². The van der Waals surface area contributed by atoms with Crippen LogP contribution in [0.3, 0.4) is 0 Å². The lowest BCUT2D eigenvalue weighted by molar-refractivity contribution is 0.412.